The van der Waals surface area contributed by atoms with Crippen LogP contribution in [-0.2, 0) is 11.3 Å². The van der Waals surface area contributed by atoms with Gasteiger partial charge in [0.1, 0.15) is 0 Å². The smallest absolute Gasteiger partial charge is 0.252 e. The van der Waals surface area contributed by atoms with Crippen molar-refractivity contribution in [1.29, 1.82) is 0 Å². The van der Waals surface area contributed by atoms with Crippen LogP contribution in [0.3, 0.4) is 0 Å². The molecule has 5 heteroatoms. The molecule has 1 aromatic heterocycles. The molecule has 1 heterocycles. The second-order valence-electron chi connectivity index (χ2n) is 5.78. The zero-order valence-corrected chi connectivity index (χ0v) is 15.0. The van der Waals surface area contributed by atoms with E-state index in [0.717, 1.165) is 12.0 Å². The number of nitrogens with zero attached hydrogens (tertiary/aromatic N) is 1. The van der Waals surface area contributed by atoms with E-state index in [2.05, 4.69) is 19.2 Å². The third-order valence-corrected chi connectivity index (χ3v) is 4.73. The largest absolute Gasteiger partial charge is 0.351 e. The van der Waals surface area contributed by atoms with E-state index < -0.39 is 0 Å². The number of carbonyl (C=O) groups is 2. The highest BCUT2D eigenvalue weighted by Crippen LogP contribution is 2.12. The van der Waals surface area contributed by atoms with E-state index in [4.69, 9.17) is 0 Å². The number of hydrogen-bond acceptors (Lipinski definition) is 3. The van der Waals surface area contributed by atoms with Gasteiger partial charge in [-0.3, -0.25) is 9.59 Å². The highest BCUT2D eigenvalue weighted by atomic mass is 32.1. The van der Waals surface area contributed by atoms with Gasteiger partial charge in [0.2, 0.25) is 5.91 Å². The molecule has 0 aliphatic heterocycles. The molecule has 1 atom stereocenters. The summed E-state index contributed by atoms with van der Waals surface area (Å²) in [5, 5.41) is 6.48. The lowest BCUT2D eigenvalue weighted by Gasteiger charge is -2.29. The molecule has 0 aliphatic rings. The molecule has 1 aromatic carbocycles. The van der Waals surface area contributed by atoms with Gasteiger partial charge in [0.15, 0.2) is 0 Å². The number of rotatable bonds is 8. The molecular formula is C19H24N2O2S. The fraction of sp³-hybridized carbons (Fsp3) is 0.368. The predicted octanol–water partition coefficient (Wildman–Crippen LogP) is 3.70. The fourth-order valence-electron chi connectivity index (χ4n) is 2.41. The second kappa shape index (κ2) is 9.23. The maximum atomic E-state index is 12.6. The lowest BCUT2D eigenvalue weighted by molar-refractivity contribution is -0.133. The summed E-state index contributed by atoms with van der Waals surface area (Å²) in [5.41, 5.74) is 1.77. The highest BCUT2D eigenvalue weighted by molar-refractivity contribution is 7.08. The Hall–Kier alpha value is -2.14. The maximum absolute atomic E-state index is 12.6. The van der Waals surface area contributed by atoms with Crippen molar-refractivity contribution in [3.63, 3.8) is 0 Å². The molecule has 0 radical (unpaired) electrons. The molecule has 0 saturated carbocycles. The van der Waals surface area contributed by atoms with E-state index in [1.807, 2.05) is 40.6 Å². The molecule has 0 spiro atoms. The summed E-state index contributed by atoms with van der Waals surface area (Å²) in [4.78, 5) is 26.4. The molecule has 2 rings (SSSR count). The molecule has 0 unspecified atom stereocenters. The van der Waals surface area contributed by atoms with E-state index >= 15 is 0 Å². The molecule has 2 amide bonds. The molecular weight excluding hydrogens is 320 g/mol. The van der Waals surface area contributed by atoms with Crippen LogP contribution in [-0.4, -0.2) is 29.3 Å². The quantitative estimate of drug-likeness (QED) is 0.794. The average Bonchev–Trinajstić information content (AvgIpc) is 3.14. The van der Waals surface area contributed by atoms with Gasteiger partial charge in [-0.1, -0.05) is 37.3 Å². The maximum Gasteiger partial charge on any atom is 0.252 e. The number of hydrogen-bond donors (Lipinski definition) is 1. The first kappa shape index (κ1) is 18.2. The van der Waals surface area contributed by atoms with Crippen LogP contribution in [0.1, 0.15) is 42.6 Å². The van der Waals surface area contributed by atoms with Crippen LogP contribution >= 0.6 is 11.3 Å². The van der Waals surface area contributed by atoms with Gasteiger partial charge < -0.3 is 10.2 Å². The summed E-state index contributed by atoms with van der Waals surface area (Å²) < 4.78 is 0. The molecule has 4 nitrogen and oxygen atoms in total. The Labute approximate surface area is 147 Å². The Balaban J connectivity index is 1.89. The van der Waals surface area contributed by atoms with Gasteiger partial charge in [-0.25, -0.2) is 0 Å². The number of nitrogens with one attached hydrogen (secondary N) is 1. The molecule has 24 heavy (non-hydrogen) atoms. The number of amides is 2. The Morgan fingerprint density at radius 1 is 1.21 bits per heavy atom. The summed E-state index contributed by atoms with van der Waals surface area (Å²) in [6.07, 6.45) is 1.22. The lowest BCUT2D eigenvalue weighted by Crippen LogP contribution is -2.39. The summed E-state index contributed by atoms with van der Waals surface area (Å²) in [6.45, 7) is 5.10. The van der Waals surface area contributed by atoms with Crippen LogP contribution in [0, 0.1) is 0 Å². The zero-order chi connectivity index (χ0) is 17.4. The van der Waals surface area contributed by atoms with Gasteiger partial charge in [0, 0.05) is 36.5 Å². The van der Waals surface area contributed by atoms with Gasteiger partial charge >= 0.3 is 0 Å². The van der Waals surface area contributed by atoms with Crippen LogP contribution in [0.5, 0.6) is 0 Å². The molecule has 128 valence electrons. The van der Waals surface area contributed by atoms with E-state index in [9.17, 15) is 9.59 Å². The van der Waals surface area contributed by atoms with Crippen LogP contribution < -0.4 is 5.32 Å². The zero-order valence-electron chi connectivity index (χ0n) is 14.2. The van der Waals surface area contributed by atoms with E-state index in [0.29, 0.717) is 25.1 Å². The van der Waals surface area contributed by atoms with Crippen LogP contribution in [0.4, 0.5) is 0 Å². The monoisotopic (exact) mass is 344 g/mol. The Kier molecular flexibility index (Phi) is 7.00. The molecule has 0 bridgehead atoms. The van der Waals surface area contributed by atoms with Gasteiger partial charge in [-0.15, -0.1) is 0 Å². The standard InChI is InChI=1S/C19H24N2O2S/c1-3-15(2)21(13-16-7-5-4-6-8-16)18(22)9-11-20-19(23)17-10-12-24-14-17/h4-8,10,12,14-15H,3,9,11,13H2,1-2H3,(H,20,23)/t15-/m0/s1. The van der Waals surface area contributed by atoms with E-state index in [1.165, 1.54) is 11.3 Å². The Morgan fingerprint density at radius 2 is 1.96 bits per heavy atom. The first-order chi connectivity index (χ1) is 11.6. The fourth-order valence-corrected chi connectivity index (χ4v) is 3.05. The van der Waals surface area contributed by atoms with Gasteiger partial charge in [-0.2, -0.15) is 11.3 Å². The molecule has 0 fully saturated rings. The van der Waals surface area contributed by atoms with E-state index in [-0.39, 0.29) is 17.9 Å². The molecule has 0 aliphatic carbocycles. The minimum Gasteiger partial charge on any atom is -0.351 e. The summed E-state index contributed by atoms with van der Waals surface area (Å²) in [6, 6.07) is 11.9. The van der Waals surface area contributed by atoms with Crippen molar-refractivity contribution in [3.05, 3.63) is 58.3 Å². The van der Waals surface area contributed by atoms with Crippen molar-refractivity contribution in [2.75, 3.05) is 6.54 Å². The SMILES string of the molecule is CC[C@H](C)N(Cc1ccccc1)C(=O)CCNC(=O)c1ccsc1. The van der Waals surface area contributed by atoms with Crippen molar-refractivity contribution in [1.82, 2.24) is 10.2 Å². The highest BCUT2D eigenvalue weighted by Gasteiger charge is 2.19. The van der Waals surface area contributed by atoms with Crippen molar-refractivity contribution in [3.8, 4) is 0 Å². The van der Waals surface area contributed by atoms with Gasteiger partial charge in [0.05, 0.1) is 0 Å². The third-order valence-electron chi connectivity index (χ3n) is 4.05. The number of thiophene rings is 1. The van der Waals surface area contributed by atoms with Crippen molar-refractivity contribution in [2.45, 2.75) is 39.3 Å². The first-order valence-electron chi connectivity index (χ1n) is 8.25. The van der Waals surface area contributed by atoms with Crippen molar-refractivity contribution < 1.29 is 9.59 Å². The lowest BCUT2D eigenvalue weighted by atomic mass is 10.1. The Morgan fingerprint density at radius 3 is 2.58 bits per heavy atom. The minimum atomic E-state index is -0.123. The van der Waals surface area contributed by atoms with Crippen molar-refractivity contribution in [2.24, 2.45) is 0 Å². The topological polar surface area (TPSA) is 49.4 Å². The molecule has 0 saturated heterocycles. The number of benzene rings is 1. The normalized spacial score (nSPS) is 11.8. The second-order valence-corrected chi connectivity index (χ2v) is 6.56. The molecule has 2 aromatic rings. The van der Waals surface area contributed by atoms with Crippen LogP contribution in [0.15, 0.2) is 47.2 Å². The van der Waals surface area contributed by atoms with Crippen LogP contribution in [0.2, 0.25) is 0 Å². The Bertz CT molecular complexity index is 641. The van der Waals surface area contributed by atoms with Gasteiger partial charge in [-0.05, 0) is 30.4 Å². The first-order valence-corrected chi connectivity index (χ1v) is 9.20. The van der Waals surface area contributed by atoms with Crippen molar-refractivity contribution >= 4 is 23.2 Å². The minimum absolute atomic E-state index is 0.0684. The van der Waals surface area contributed by atoms with Crippen LogP contribution in [0.25, 0.3) is 0 Å². The third kappa shape index (κ3) is 5.20. The summed E-state index contributed by atoms with van der Waals surface area (Å²) in [7, 11) is 0. The predicted molar refractivity (Wildman–Crippen MR) is 98.0 cm³/mol. The summed E-state index contributed by atoms with van der Waals surface area (Å²) >= 11 is 1.48. The summed E-state index contributed by atoms with van der Waals surface area (Å²) in [5.74, 6) is -0.0546. The number of carbonyl (C=O) groups excluding carboxylic acids is 2. The average molecular weight is 344 g/mol. The molecule has 1 N–H and O–H groups in total. The van der Waals surface area contributed by atoms with E-state index in [1.54, 1.807) is 11.4 Å². The van der Waals surface area contributed by atoms with Gasteiger partial charge in [0.25, 0.3) is 5.91 Å².